The third-order valence-electron chi connectivity index (χ3n) is 2.56. The van der Waals surface area contributed by atoms with Crippen molar-refractivity contribution in [2.45, 2.75) is 6.61 Å². The van der Waals surface area contributed by atoms with E-state index in [1.807, 2.05) is 24.4 Å². The van der Waals surface area contributed by atoms with E-state index in [1.54, 1.807) is 24.4 Å². The highest BCUT2D eigenvalue weighted by Crippen LogP contribution is 2.22. The molecule has 0 aliphatic heterocycles. The van der Waals surface area contributed by atoms with Gasteiger partial charge in [-0.2, -0.15) is 0 Å². The molecule has 0 unspecified atom stereocenters. The summed E-state index contributed by atoms with van der Waals surface area (Å²) in [5.41, 5.74) is 7.76. The number of nitrogens with zero attached hydrogens (tertiary/aromatic N) is 2. The van der Waals surface area contributed by atoms with Gasteiger partial charge in [-0.15, -0.1) is 11.3 Å². The smallest absolute Gasteiger partial charge is 0.338 e. The second kappa shape index (κ2) is 5.71. The number of benzene rings is 1. The number of rotatable bonds is 4. The number of aromatic nitrogens is 1. The number of carbonyl (C=O) groups is 1. The minimum atomic E-state index is -0.396. The van der Waals surface area contributed by atoms with Gasteiger partial charge in [0.2, 0.25) is 0 Å². The van der Waals surface area contributed by atoms with Crippen molar-refractivity contribution in [3.05, 3.63) is 40.3 Å². The Kier molecular flexibility index (Phi) is 4.01. The topological polar surface area (TPSA) is 68.5 Å². The van der Waals surface area contributed by atoms with Crippen molar-refractivity contribution in [2.24, 2.45) is 0 Å². The molecular weight excluding hydrogens is 262 g/mol. The summed E-state index contributed by atoms with van der Waals surface area (Å²) < 4.78 is 5.17. The predicted molar refractivity (Wildman–Crippen MR) is 76.4 cm³/mol. The van der Waals surface area contributed by atoms with Gasteiger partial charge in [0.25, 0.3) is 0 Å². The van der Waals surface area contributed by atoms with Crippen LogP contribution >= 0.6 is 11.3 Å². The summed E-state index contributed by atoms with van der Waals surface area (Å²) in [6.45, 7) is 0.186. The summed E-state index contributed by atoms with van der Waals surface area (Å²) in [7, 11) is 3.79. The first kappa shape index (κ1) is 13.4. The average Bonchev–Trinajstić information content (AvgIpc) is 2.88. The van der Waals surface area contributed by atoms with Gasteiger partial charge in [-0.25, -0.2) is 9.78 Å². The second-order valence-electron chi connectivity index (χ2n) is 4.17. The Labute approximate surface area is 115 Å². The molecule has 1 aromatic carbocycles. The number of esters is 1. The summed E-state index contributed by atoms with van der Waals surface area (Å²) >= 11 is 1.45. The fourth-order valence-corrected chi connectivity index (χ4v) is 2.15. The number of hydrogen-bond donors (Lipinski definition) is 1. The van der Waals surface area contributed by atoms with E-state index in [-0.39, 0.29) is 6.61 Å². The van der Waals surface area contributed by atoms with Crippen molar-refractivity contribution < 1.29 is 9.53 Å². The number of hydrogen-bond acceptors (Lipinski definition) is 6. The van der Waals surface area contributed by atoms with E-state index in [2.05, 4.69) is 4.98 Å². The molecule has 2 aromatic rings. The Balaban J connectivity index is 2.05. The zero-order valence-electron chi connectivity index (χ0n) is 10.8. The number of thiazole rings is 1. The minimum absolute atomic E-state index is 0.186. The van der Waals surface area contributed by atoms with Crippen molar-refractivity contribution >= 4 is 28.7 Å². The van der Waals surface area contributed by atoms with Crippen LogP contribution < -0.4 is 10.6 Å². The van der Waals surface area contributed by atoms with Crippen molar-refractivity contribution in [2.75, 3.05) is 24.7 Å². The van der Waals surface area contributed by atoms with Gasteiger partial charge in [0.1, 0.15) is 11.6 Å². The molecule has 0 amide bonds. The number of carbonyl (C=O) groups excluding carboxylic acids is 1. The predicted octanol–water partition coefficient (Wildman–Crippen LogP) is 2.15. The SMILES string of the molecule is CN(C)c1ccc(C(=O)OCc2nccs2)cc1N. The highest BCUT2D eigenvalue weighted by molar-refractivity contribution is 7.09. The summed E-state index contributed by atoms with van der Waals surface area (Å²) in [6, 6.07) is 5.13. The van der Waals surface area contributed by atoms with Gasteiger partial charge >= 0.3 is 5.97 Å². The lowest BCUT2D eigenvalue weighted by molar-refractivity contribution is 0.0472. The molecule has 0 fully saturated rings. The first-order valence-electron chi connectivity index (χ1n) is 5.70. The molecule has 0 atom stereocenters. The Morgan fingerprint density at radius 3 is 2.84 bits per heavy atom. The van der Waals surface area contributed by atoms with Crippen molar-refractivity contribution in [1.29, 1.82) is 0 Å². The molecule has 0 aliphatic rings. The van der Waals surface area contributed by atoms with Crippen molar-refractivity contribution in [1.82, 2.24) is 4.98 Å². The quantitative estimate of drug-likeness (QED) is 0.685. The molecule has 1 aromatic heterocycles. The van der Waals surface area contributed by atoms with Crippen LogP contribution in [0.15, 0.2) is 29.8 Å². The van der Waals surface area contributed by atoms with Crippen molar-refractivity contribution in [3.63, 3.8) is 0 Å². The third-order valence-corrected chi connectivity index (χ3v) is 3.31. The van der Waals surface area contributed by atoms with Crippen LogP contribution in [0.5, 0.6) is 0 Å². The first-order valence-corrected chi connectivity index (χ1v) is 6.58. The Morgan fingerprint density at radius 1 is 1.47 bits per heavy atom. The first-order chi connectivity index (χ1) is 9.08. The molecule has 0 saturated carbocycles. The van der Waals surface area contributed by atoms with Crippen LogP contribution in [0.3, 0.4) is 0 Å². The highest BCUT2D eigenvalue weighted by Gasteiger charge is 2.11. The van der Waals surface area contributed by atoms with E-state index in [0.717, 1.165) is 10.7 Å². The molecule has 0 spiro atoms. The van der Waals surface area contributed by atoms with E-state index in [1.165, 1.54) is 11.3 Å². The maximum absolute atomic E-state index is 11.9. The van der Waals surface area contributed by atoms with Gasteiger partial charge in [0.15, 0.2) is 0 Å². The maximum atomic E-state index is 11.9. The standard InChI is InChI=1S/C13H15N3O2S/c1-16(2)11-4-3-9(7-10(11)14)13(17)18-8-12-15-5-6-19-12/h3-7H,8,14H2,1-2H3. The Bertz CT molecular complexity index is 567. The number of nitrogens with two attached hydrogens (primary N) is 1. The normalized spacial score (nSPS) is 10.2. The number of ether oxygens (including phenoxy) is 1. The molecule has 0 bridgehead atoms. The molecule has 1 heterocycles. The molecule has 6 heteroatoms. The molecule has 100 valence electrons. The lowest BCUT2D eigenvalue weighted by atomic mass is 10.1. The molecule has 0 aliphatic carbocycles. The molecular formula is C13H15N3O2S. The molecule has 2 rings (SSSR count). The van der Waals surface area contributed by atoms with E-state index in [0.29, 0.717) is 11.3 Å². The van der Waals surface area contributed by atoms with E-state index in [4.69, 9.17) is 10.5 Å². The van der Waals surface area contributed by atoms with Gasteiger partial charge in [-0.05, 0) is 18.2 Å². The summed E-state index contributed by atoms with van der Waals surface area (Å²) in [6.07, 6.45) is 1.68. The average molecular weight is 277 g/mol. The fourth-order valence-electron chi connectivity index (χ4n) is 1.62. The monoisotopic (exact) mass is 277 g/mol. The van der Waals surface area contributed by atoms with E-state index >= 15 is 0 Å². The van der Waals surface area contributed by atoms with Crippen LogP contribution in [0.2, 0.25) is 0 Å². The summed E-state index contributed by atoms with van der Waals surface area (Å²) in [4.78, 5) is 17.8. The molecule has 0 saturated heterocycles. The van der Waals surface area contributed by atoms with Gasteiger partial charge < -0.3 is 15.4 Å². The molecule has 19 heavy (non-hydrogen) atoms. The lowest BCUT2D eigenvalue weighted by Crippen LogP contribution is -2.12. The zero-order valence-corrected chi connectivity index (χ0v) is 11.6. The van der Waals surface area contributed by atoms with Gasteiger partial charge in [-0.1, -0.05) is 0 Å². The van der Waals surface area contributed by atoms with E-state index < -0.39 is 5.97 Å². The number of anilines is 2. The Morgan fingerprint density at radius 2 is 2.26 bits per heavy atom. The van der Waals surface area contributed by atoms with Gasteiger partial charge in [-0.3, -0.25) is 0 Å². The van der Waals surface area contributed by atoms with Crippen LogP contribution in [-0.4, -0.2) is 25.0 Å². The number of nitrogen functional groups attached to an aromatic ring is 1. The third kappa shape index (κ3) is 3.23. The van der Waals surface area contributed by atoms with Crippen LogP contribution in [-0.2, 0) is 11.3 Å². The molecule has 2 N–H and O–H groups in total. The summed E-state index contributed by atoms with van der Waals surface area (Å²) in [5.74, 6) is -0.396. The van der Waals surface area contributed by atoms with Gasteiger partial charge in [0, 0.05) is 25.7 Å². The van der Waals surface area contributed by atoms with Gasteiger partial charge in [0.05, 0.1) is 16.9 Å². The van der Waals surface area contributed by atoms with Crippen LogP contribution in [0.25, 0.3) is 0 Å². The largest absolute Gasteiger partial charge is 0.455 e. The summed E-state index contributed by atoms with van der Waals surface area (Å²) in [5, 5.41) is 2.61. The molecule has 0 radical (unpaired) electrons. The minimum Gasteiger partial charge on any atom is -0.455 e. The van der Waals surface area contributed by atoms with Crippen LogP contribution in [0.4, 0.5) is 11.4 Å². The van der Waals surface area contributed by atoms with Crippen LogP contribution in [0.1, 0.15) is 15.4 Å². The van der Waals surface area contributed by atoms with Crippen molar-refractivity contribution in [3.8, 4) is 0 Å². The Hall–Kier alpha value is -2.08. The zero-order chi connectivity index (χ0) is 13.8. The highest BCUT2D eigenvalue weighted by atomic mass is 32.1. The fraction of sp³-hybridized carbons (Fsp3) is 0.231. The van der Waals surface area contributed by atoms with E-state index in [9.17, 15) is 4.79 Å². The second-order valence-corrected chi connectivity index (χ2v) is 5.15. The lowest BCUT2D eigenvalue weighted by Gasteiger charge is -2.15. The maximum Gasteiger partial charge on any atom is 0.338 e. The molecule has 5 nitrogen and oxygen atoms in total. The van der Waals surface area contributed by atoms with Crippen LogP contribution in [0, 0.1) is 0 Å².